The van der Waals surface area contributed by atoms with Crippen molar-refractivity contribution in [2.24, 2.45) is 0 Å². The molecule has 108 valence electrons. The van der Waals surface area contributed by atoms with Gasteiger partial charge in [0.05, 0.1) is 0 Å². The van der Waals surface area contributed by atoms with Crippen molar-refractivity contribution in [3.63, 3.8) is 0 Å². The van der Waals surface area contributed by atoms with E-state index in [4.69, 9.17) is 0 Å². The number of halogens is 1. The lowest BCUT2D eigenvalue weighted by atomic mass is 9.79. The minimum atomic E-state index is 0.0148. The molecule has 0 atom stereocenters. The van der Waals surface area contributed by atoms with E-state index >= 15 is 0 Å². The van der Waals surface area contributed by atoms with E-state index in [1.165, 1.54) is 37.9 Å². The van der Waals surface area contributed by atoms with Crippen LogP contribution in [0.1, 0.15) is 25.0 Å². The van der Waals surface area contributed by atoms with Gasteiger partial charge in [0.2, 0.25) is 0 Å². The topological polar surface area (TPSA) is 0 Å². The van der Waals surface area contributed by atoms with Gasteiger partial charge in [0.1, 0.15) is 0 Å². The van der Waals surface area contributed by atoms with Crippen LogP contribution < -0.4 is 0 Å². The highest BCUT2D eigenvalue weighted by molar-refractivity contribution is 9.10. The molecule has 4 rings (SSSR count). The third-order valence-corrected chi connectivity index (χ3v) is 5.39. The van der Waals surface area contributed by atoms with Crippen LogP contribution in [0.5, 0.6) is 0 Å². The summed E-state index contributed by atoms with van der Waals surface area (Å²) < 4.78 is 1.17. The van der Waals surface area contributed by atoms with Crippen molar-refractivity contribution in [3.05, 3.63) is 82.3 Å². The molecule has 0 amide bonds. The van der Waals surface area contributed by atoms with Crippen LogP contribution in [0.15, 0.2) is 71.2 Å². The Kier molecular flexibility index (Phi) is 3.02. The molecule has 0 unspecified atom stereocenters. The molecular weight excluding hydrogens is 332 g/mol. The number of hydrogen-bond donors (Lipinski definition) is 0. The van der Waals surface area contributed by atoms with Crippen molar-refractivity contribution in [3.8, 4) is 22.3 Å². The summed E-state index contributed by atoms with van der Waals surface area (Å²) in [5.74, 6) is 0. The zero-order valence-corrected chi connectivity index (χ0v) is 14.3. The Balaban J connectivity index is 2.10. The molecule has 0 heterocycles. The van der Waals surface area contributed by atoms with Gasteiger partial charge in [0.25, 0.3) is 0 Å². The molecule has 0 aliphatic heterocycles. The summed E-state index contributed by atoms with van der Waals surface area (Å²) in [6, 6.07) is 23.9. The van der Waals surface area contributed by atoms with Crippen molar-refractivity contribution >= 4 is 15.9 Å². The van der Waals surface area contributed by atoms with E-state index in [0.29, 0.717) is 0 Å². The average molecular weight is 349 g/mol. The van der Waals surface area contributed by atoms with Crippen LogP contribution in [0.3, 0.4) is 0 Å². The summed E-state index contributed by atoms with van der Waals surface area (Å²) in [5.41, 5.74) is 8.18. The molecule has 0 N–H and O–H groups in total. The highest BCUT2D eigenvalue weighted by Gasteiger charge is 2.37. The van der Waals surface area contributed by atoms with Gasteiger partial charge in [-0.1, -0.05) is 90.4 Å². The van der Waals surface area contributed by atoms with E-state index in [2.05, 4.69) is 96.5 Å². The molecule has 3 aromatic rings. The van der Waals surface area contributed by atoms with Crippen LogP contribution in [-0.2, 0) is 5.41 Å². The zero-order valence-electron chi connectivity index (χ0n) is 12.7. The third kappa shape index (κ3) is 1.82. The maximum Gasteiger partial charge on any atom is 0.0257 e. The first-order valence-corrected chi connectivity index (χ1v) is 8.38. The van der Waals surface area contributed by atoms with E-state index in [9.17, 15) is 0 Å². The molecule has 1 aliphatic rings. The molecule has 22 heavy (non-hydrogen) atoms. The quantitative estimate of drug-likeness (QED) is 0.475. The first-order valence-electron chi connectivity index (χ1n) is 7.59. The van der Waals surface area contributed by atoms with Crippen molar-refractivity contribution in [1.82, 2.24) is 0 Å². The molecule has 0 aromatic heterocycles. The lowest BCUT2D eigenvalue weighted by molar-refractivity contribution is 0.662. The Hall–Kier alpha value is -1.86. The van der Waals surface area contributed by atoms with Gasteiger partial charge in [-0.05, 0) is 33.9 Å². The van der Waals surface area contributed by atoms with Crippen molar-refractivity contribution < 1.29 is 0 Å². The lowest BCUT2D eigenvalue weighted by Crippen LogP contribution is -2.16. The molecule has 1 aliphatic carbocycles. The minimum absolute atomic E-state index is 0.0148. The maximum atomic E-state index is 3.78. The lowest BCUT2D eigenvalue weighted by Gasteiger charge is -2.25. The number of hydrogen-bond acceptors (Lipinski definition) is 0. The summed E-state index contributed by atoms with van der Waals surface area (Å²) in [7, 11) is 0. The molecule has 3 aromatic carbocycles. The van der Waals surface area contributed by atoms with Crippen LogP contribution in [0.25, 0.3) is 22.3 Å². The molecule has 0 radical (unpaired) electrons. The van der Waals surface area contributed by atoms with Gasteiger partial charge in [-0.3, -0.25) is 0 Å². The third-order valence-electron chi connectivity index (χ3n) is 4.73. The van der Waals surface area contributed by atoms with Crippen LogP contribution in [0, 0.1) is 0 Å². The van der Waals surface area contributed by atoms with E-state index in [1.54, 1.807) is 0 Å². The summed E-state index contributed by atoms with van der Waals surface area (Å²) >= 11 is 3.78. The number of fused-ring (bicyclic) bond motifs is 3. The summed E-state index contributed by atoms with van der Waals surface area (Å²) in [6.07, 6.45) is 0. The fraction of sp³-hybridized carbons (Fsp3) is 0.143. The Bertz CT molecular complexity index is 860. The predicted molar refractivity (Wildman–Crippen MR) is 97.1 cm³/mol. The predicted octanol–water partition coefficient (Wildman–Crippen LogP) is 6.42. The highest BCUT2D eigenvalue weighted by Crippen LogP contribution is 2.53. The minimum Gasteiger partial charge on any atom is -0.0622 e. The second-order valence-electron chi connectivity index (χ2n) is 6.38. The molecule has 1 heteroatoms. The van der Waals surface area contributed by atoms with Crippen LogP contribution in [0.2, 0.25) is 0 Å². The van der Waals surface area contributed by atoms with Crippen LogP contribution in [0.4, 0.5) is 0 Å². The molecular formula is C21H17Br. The van der Waals surface area contributed by atoms with Gasteiger partial charge in [-0.15, -0.1) is 0 Å². The van der Waals surface area contributed by atoms with E-state index in [-0.39, 0.29) is 5.41 Å². The number of benzene rings is 3. The zero-order chi connectivity index (χ0) is 15.3. The van der Waals surface area contributed by atoms with Crippen molar-refractivity contribution in [1.29, 1.82) is 0 Å². The maximum absolute atomic E-state index is 3.78. The van der Waals surface area contributed by atoms with E-state index < -0.39 is 0 Å². The summed E-state index contributed by atoms with van der Waals surface area (Å²) in [6.45, 7) is 4.66. The average Bonchev–Trinajstić information content (AvgIpc) is 2.77. The Morgan fingerprint density at radius 2 is 1.41 bits per heavy atom. The van der Waals surface area contributed by atoms with Gasteiger partial charge in [-0.2, -0.15) is 0 Å². The standard InChI is InChI=1S/C21H17Br/c1-21(2)17-11-7-6-10-15(17)16-12-13-18(22)19(20(16)21)14-8-4-3-5-9-14/h3-13H,1-2H3. The molecule has 0 spiro atoms. The molecule has 0 fully saturated rings. The molecule has 0 nitrogen and oxygen atoms in total. The Labute approximate surface area is 140 Å². The fourth-order valence-electron chi connectivity index (χ4n) is 3.74. The molecule has 0 saturated carbocycles. The fourth-order valence-corrected chi connectivity index (χ4v) is 4.29. The van der Waals surface area contributed by atoms with Gasteiger partial charge in [-0.25, -0.2) is 0 Å². The highest BCUT2D eigenvalue weighted by atomic mass is 79.9. The Morgan fingerprint density at radius 1 is 0.727 bits per heavy atom. The monoisotopic (exact) mass is 348 g/mol. The first-order chi connectivity index (χ1) is 10.6. The van der Waals surface area contributed by atoms with Gasteiger partial charge in [0, 0.05) is 15.5 Å². The SMILES string of the molecule is CC1(C)c2ccccc2-c2ccc(Br)c(-c3ccccc3)c21. The van der Waals surface area contributed by atoms with E-state index in [1.807, 2.05) is 0 Å². The first kappa shape index (κ1) is 13.8. The summed E-state index contributed by atoms with van der Waals surface area (Å²) in [4.78, 5) is 0. The number of rotatable bonds is 1. The van der Waals surface area contributed by atoms with Gasteiger partial charge < -0.3 is 0 Å². The second kappa shape index (κ2) is 4.82. The van der Waals surface area contributed by atoms with Crippen LogP contribution >= 0.6 is 15.9 Å². The van der Waals surface area contributed by atoms with Crippen molar-refractivity contribution in [2.75, 3.05) is 0 Å². The van der Waals surface area contributed by atoms with Crippen LogP contribution in [-0.4, -0.2) is 0 Å². The molecule has 0 saturated heterocycles. The normalized spacial score (nSPS) is 14.5. The summed E-state index contributed by atoms with van der Waals surface area (Å²) in [5, 5.41) is 0. The smallest absolute Gasteiger partial charge is 0.0257 e. The largest absolute Gasteiger partial charge is 0.0622 e. The molecule has 0 bridgehead atoms. The van der Waals surface area contributed by atoms with Gasteiger partial charge in [0.15, 0.2) is 0 Å². The van der Waals surface area contributed by atoms with Gasteiger partial charge >= 0.3 is 0 Å². The second-order valence-corrected chi connectivity index (χ2v) is 7.24. The van der Waals surface area contributed by atoms with E-state index in [0.717, 1.165) is 0 Å². The Morgan fingerprint density at radius 3 is 2.18 bits per heavy atom. The van der Waals surface area contributed by atoms with Crippen molar-refractivity contribution in [2.45, 2.75) is 19.3 Å².